The van der Waals surface area contributed by atoms with Crippen molar-refractivity contribution in [3.05, 3.63) is 28.7 Å². The molecule has 2 nitrogen and oxygen atoms in total. The monoisotopic (exact) mass is 326 g/mol. The predicted octanol–water partition coefficient (Wildman–Crippen LogP) is 4.21. The zero-order valence-electron chi connectivity index (χ0n) is 10.9. The van der Waals surface area contributed by atoms with Crippen molar-refractivity contribution in [2.24, 2.45) is 0 Å². The fourth-order valence-electron chi connectivity index (χ4n) is 1.49. The van der Waals surface area contributed by atoms with Crippen LogP contribution in [0.5, 0.6) is 0 Å². The van der Waals surface area contributed by atoms with Crippen LogP contribution >= 0.6 is 27.7 Å². The Hall–Kier alpha value is -0.500. The fourth-order valence-corrected chi connectivity index (χ4v) is 2.83. The molecule has 0 amide bonds. The SMILES string of the molecule is CCCNC(C)(C#N)CCSc1ccc(Br)cc1. The first-order valence-corrected chi connectivity index (χ1v) is 7.92. The smallest absolute Gasteiger partial charge is 0.104 e. The lowest BCUT2D eigenvalue weighted by Gasteiger charge is -2.22. The van der Waals surface area contributed by atoms with Crippen molar-refractivity contribution in [2.45, 2.75) is 37.1 Å². The van der Waals surface area contributed by atoms with Gasteiger partial charge in [0.1, 0.15) is 5.54 Å². The second kappa shape index (κ2) is 7.83. The Morgan fingerprint density at radius 2 is 2.06 bits per heavy atom. The van der Waals surface area contributed by atoms with Crippen LogP contribution in [0.1, 0.15) is 26.7 Å². The Morgan fingerprint density at radius 3 is 2.61 bits per heavy atom. The van der Waals surface area contributed by atoms with Crippen LogP contribution in [0, 0.1) is 11.3 Å². The van der Waals surface area contributed by atoms with Crippen LogP contribution in [0.25, 0.3) is 0 Å². The van der Waals surface area contributed by atoms with Gasteiger partial charge in [-0.2, -0.15) is 5.26 Å². The van der Waals surface area contributed by atoms with Crippen LogP contribution in [-0.4, -0.2) is 17.8 Å². The summed E-state index contributed by atoms with van der Waals surface area (Å²) in [4.78, 5) is 1.24. The van der Waals surface area contributed by atoms with Crippen molar-refractivity contribution in [2.75, 3.05) is 12.3 Å². The van der Waals surface area contributed by atoms with E-state index in [2.05, 4.69) is 46.4 Å². The highest BCUT2D eigenvalue weighted by molar-refractivity contribution is 9.10. The van der Waals surface area contributed by atoms with E-state index in [0.717, 1.165) is 29.6 Å². The zero-order valence-corrected chi connectivity index (χ0v) is 13.3. The van der Waals surface area contributed by atoms with Gasteiger partial charge in [0.25, 0.3) is 0 Å². The first kappa shape index (κ1) is 15.6. The predicted molar refractivity (Wildman–Crippen MR) is 81.8 cm³/mol. The maximum Gasteiger partial charge on any atom is 0.104 e. The first-order chi connectivity index (χ1) is 8.59. The van der Waals surface area contributed by atoms with Gasteiger partial charge >= 0.3 is 0 Å². The lowest BCUT2D eigenvalue weighted by molar-refractivity contribution is 0.437. The molecule has 1 aromatic rings. The van der Waals surface area contributed by atoms with E-state index >= 15 is 0 Å². The maximum atomic E-state index is 9.22. The van der Waals surface area contributed by atoms with Gasteiger partial charge < -0.3 is 0 Å². The molecule has 98 valence electrons. The number of thioether (sulfide) groups is 1. The summed E-state index contributed by atoms with van der Waals surface area (Å²) in [7, 11) is 0. The van der Waals surface area contributed by atoms with E-state index in [4.69, 9.17) is 0 Å². The highest BCUT2D eigenvalue weighted by atomic mass is 79.9. The van der Waals surface area contributed by atoms with Crippen LogP contribution in [0.15, 0.2) is 33.6 Å². The highest BCUT2D eigenvalue weighted by Crippen LogP contribution is 2.23. The highest BCUT2D eigenvalue weighted by Gasteiger charge is 2.21. The molecular weight excluding hydrogens is 308 g/mol. The summed E-state index contributed by atoms with van der Waals surface area (Å²) in [5, 5.41) is 12.5. The molecule has 1 N–H and O–H groups in total. The molecule has 0 saturated heterocycles. The van der Waals surface area contributed by atoms with Gasteiger partial charge in [-0.05, 0) is 50.6 Å². The molecule has 0 spiro atoms. The van der Waals surface area contributed by atoms with Crippen molar-refractivity contribution < 1.29 is 0 Å². The third-order valence-corrected chi connectivity index (χ3v) is 4.24. The molecule has 1 atom stereocenters. The van der Waals surface area contributed by atoms with Crippen molar-refractivity contribution in [1.82, 2.24) is 5.32 Å². The molecular formula is C14H19BrN2S. The van der Waals surface area contributed by atoms with Crippen LogP contribution in [0.3, 0.4) is 0 Å². The van der Waals surface area contributed by atoms with Gasteiger partial charge in [-0.15, -0.1) is 11.8 Å². The van der Waals surface area contributed by atoms with Gasteiger partial charge in [0, 0.05) is 15.1 Å². The molecule has 1 rings (SSSR count). The molecule has 0 fully saturated rings. The summed E-state index contributed by atoms with van der Waals surface area (Å²) in [6.45, 7) is 4.99. The molecule has 0 heterocycles. The molecule has 0 aliphatic carbocycles. The molecule has 0 aromatic heterocycles. The minimum absolute atomic E-state index is 0.404. The summed E-state index contributed by atoms with van der Waals surface area (Å²) in [6, 6.07) is 10.7. The van der Waals surface area contributed by atoms with Crippen molar-refractivity contribution >= 4 is 27.7 Å². The maximum absolute atomic E-state index is 9.22. The number of nitriles is 1. The normalized spacial score (nSPS) is 13.9. The molecule has 1 unspecified atom stereocenters. The Labute approximate surface area is 122 Å². The lowest BCUT2D eigenvalue weighted by Crippen LogP contribution is -2.41. The van der Waals surface area contributed by atoms with Gasteiger partial charge in [-0.3, -0.25) is 5.32 Å². The minimum atomic E-state index is -0.404. The third-order valence-electron chi connectivity index (χ3n) is 2.70. The third kappa shape index (κ3) is 5.43. The quantitative estimate of drug-likeness (QED) is 0.762. The van der Waals surface area contributed by atoms with E-state index in [1.54, 1.807) is 11.8 Å². The zero-order chi connectivity index (χ0) is 13.4. The largest absolute Gasteiger partial charge is 0.300 e. The number of halogens is 1. The molecule has 18 heavy (non-hydrogen) atoms. The Balaban J connectivity index is 2.40. The summed E-state index contributed by atoms with van der Waals surface area (Å²) < 4.78 is 1.10. The van der Waals surface area contributed by atoms with Crippen molar-refractivity contribution in [1.29, 1.82) is 5.26 Å². The fraction of sp³-hybridized carbons (Fsp3) is 0.500. The number of hydrogen-bond donors (Lipinski definition) is 1. The van der Waals surface area contributed by atoms with E-state index < -0.39 is 5.54 Å². The Morgan fingerprint density at radius 1 is 1.39 bits per heavy atom. The van der Waals surface area contributed by atoms with Crippen LogP contribution < -0.4 is 5.32 Å². The molecule has 0 aliphatic heterocycles. The molecule has 0 radical (unpaired) electrons. The van der Waals surface area contributed by atoms with Gasteiger partial charge in [0.15, 0.2) is 0 Å². The summed E-state index contributed by atoms with van der Waals surface area (Å²) in [5.74, 6) is 0.947. The summed E-state index contributed by atoms with van der Waals surface area (Å²) in [5.41, 5.74) is -0.404. The van der Waals surface area contributed by atoms with Crippen molar-refractivity contribution in [3.8, 4) is 6.07 Å². The van der Waals surface area contributed by atoms with Gasteiger partial charge in [0.05, 0.1) is 6.07 Å². The van der Waals surface area contributed by atoms with E-state index in [-0.39, 0.29) is 0 Å². The van der Waals surface area contributed by atoms with Crippen molar-refractivity contribution in [3.63, 3.8) is 0 Å². The van der Waals surface area contributed by atoms with Crippen LogP contribution in [0.4, 0.5) is 0 Å². The average molecular weight is 327 g/mol. The molecule has 4 heteroatoms. The van der Waals surface area contributed by atoms with E-state index in [0.29, 0.717) is 0 Å². The molecule has 0 aliphatic rings. The first-order valence-electron chi connectivity index (χ1n) is 6.14. The average Bonchev–Trinajstić information content (AvgIpc) is 2.39. The van der Waals surface area contributed by atoms with E-state index in [9.17, 15) is 5.26 Å². The lowest BCUT2D eigenvalue weighted by atomic mass is 10.0. The van der Waals surface area contributed by atoms with Crippen LogP contribution in [0.2, 0.25) is 0 Å². The minimum Gasteiger partial charge on any atom is -0.300 e. The number of benzene rings is 1. The summed E-state index contributed by atoms with van der Waals surface area (Å²) >= 11 is 5.22. The number of hydrogen-bond acceptors (Lipinski definition) is 3. The molecule has 0 saturated carbocycles. The van der Waals surface area contributed by atoms with Gasteiger partial charge in [-0.1, -0.05) is 22.9 Å². The topological polar surface area (TPSA) is 35.8 Å². The second-order valence-corrected chi connectivity index (χ2v) is 6.51. The number of nitrogens with zero attached hydrogens (tertiary/aromatic N) is 1. The standard InChI is InChI=1S/C14H19BrN2S/c1-3-9-17-14(2,11-16)8-10-18-13-6-4-12(15)5-7-13/h4-7,17H,3,8-10H2,1-2H3. The molecule has 0 bridgehead atoms. The second-order valence-electron chi connectivity index (χ2n) is 4.42. The Kier molecular flexibility index (Phi) is 6.77. The van der Waals surface area contributed by atoms with Gasteiger partial charge in [0.2, 0.25) is 0 Å². The Bertz CT molecular complexity index is 399. The number of nitrogens with one attached hydrogen (secondary N) is 1. The molecule has 1 aromatic carbocycles. The van der Waals surface area contributed by atoms with Crippen LogP contribution in [-0.2, 0) is 0 Å². The van der Waals surface area contributed by atoms with E-state index in [1.807, 2.05) is 19.1 Å². The van der Waals surface area contributed by atoms with Gasteiger partial charge in [-0.25, -0.2) is 0 Å². The van der Waals surface area contributed by atoms with E-state index in [1.165, 1.54) is 4.90 Å². The number of rotatable bonds is 7. The summed E-state index contributed by atoms with van der Waals surface area (Å²) in [6.07, 6.45) is 1.90.